The van der Waals surface area contributed by atoms with E-state index in [4.69, 9.17) is 5.11 Å². The SMILES string of the molecule is O=C(O)c1cc(C(=O)N2CCCC2CC2CCCCC2)ccn1. The van der Waals surface area contributed by atoms with Crippen molar-refractivity contribution >= 4 is 11.9 Å². The van der Waals surface area contributed by atoms with Crippen molar-refractivity contribution in [3.8, 4) is 0 Å². The van der Waals surface area contributed by atoms with Gasteiger partial charge in [0.05, 0.1) is 0 Å². The fourth-order valence-corrected chi connectivity index (χ4v) is 4.00. The average molecular weight is 316 g/mol. The lowest BCUT2D eigenvalue weighted by Gasteiger charge is -2.30. The number of rotatable bonds is 4. The van der Waals surface area contributed by atoms with Crippen molar-refractivity contribution in [2.45, 2.75) is 57.4 Å². The molecule has 1 saturated carbocycles. The minimum atomic E-state index is -1.10. The molecule has 0 bridgehead atoms. The molecule has 1 amide bonds. The zero-order valence-electron chi connectivity index (χ0n) is 13.4. The van der Waals surface area contributed by atoms with E-state index >= 15 is 0 Å². The van der Waals surface area contributed by atoms with Gasteiger partial charge in [0, 0.05) is 24.3 Å². The van der Waals surface area contributed by atoms with Crippen LogP contribution in [-0.4, -0.2) is 39.5 Å². The van der Waals surface area contributed by atoms with Gasteiger partial charge in [0.25, 0.3) is 5.91 Å². The number of likely N-dealkylation sites (tertiary alicyclic amines) is 1. The van der Waals surface area contributed by atoms with E-state index < -0.39 is 5.97 Å². The highest BCUT2D eigenvalue weighted by atomic mass is 16.4. The molecule has 1 N–H and O–H groups in total. The minimum Gasteiger partial charge on any atom is -0.477 e. The maximum absolute atomic E-state index is 12.8. The molecule has 2 aliphatic rings. The summed E-state index contributed by atoms with van der Waals surface area (Å²) in [7, 11) is 0. The molecule has 5 nitrogen and oxygen atoms in total. The molecule has 1 aliphatic heterocycles. The number of nitrogens with zero attached hydrogens (tertiary/aromatic N) is 2. The van der Waals surface area contributed by atoms with Gasteiger partial charge in [-0.25, -0.2) is 9.78 Å². The first kappa shape index (κ1) is 16.0. The third kappa shape index (κ3) is 3.71. The molecule has 1 aromatic rings. The Morgan fingerprint density at radius 2 is 1.96 bits per heavy atom. The highest BCUT2D eigenvalue weighted by Crippen LogP contribution is 2.32. The van der Waals surface area contributed by atoms with Crippen molar-refractivity contribution in [3.05, 3.63) is 29.6 Å². The molecule has 0 spiro atoms. The van der Waals surface area contributed by atoms with Crippen molar-refractivity contribution in [1.82, 2.24) is 9.88 Å². The molecular weight excluding hydrogens is 292 g/mol. The van der Waals surface area contributed by atoms with Gasteiger partial charge >= 0.3 is 5.97 Å². The topological polar surface area (TPSA) is 70.5 Å². The zero-order valence-corrected chi connectivity index (χ0v) is 13.4. The summed E-state index contributed by atoms with van der Waals surface area (Å²) < 4.78 is 0. The molecule has 1 aliphatic carbocycles. The van der Waals surface area contributed by atoms with Crippen molar-refractivity contribution in [3.63, 3.8) is 0 Å². The van der Waals surface area contributed by atoms with E-state index in [1.165, 1.54) is 44.4 Å². The number of carboxylic acid groups (broad SMARTS) is 1. The molecule has 23 heavy (non-hydrogen) atoms. The van der Waals surface area contributed by atoms with Gasteiger partial charge in [-0.1, -0.05) is 32.1 Å². The van der Waals surface area contributed by atoms with Gasteiger partial charge in [0.2, 0.25) is 0 Å². The standard InChI is InChI=1S/C18H24N2O3/c21-17(14-8-9-19-16(12-14)18(22)23)20-10-4-7-15(20)11-13-5-2-1-3-6-13/h8-9,12-13,15H,1-7,10-11H2,(H,22,23). The van der Waals surface area contributed by atoms with Crippen molar-refractivity contribution in [2.75, 3.05) is 6.54 Å². The predicted molar refractivity (Wildman–Crippen MR) is 86.4 cm³/mol. The zero-order chi connectivity index (χ0) is 16.2. The van der Waals surface area contributed by atoms with Gasteiger partial charge in [0.1, 0.15) is 5.69 Å². The Bertz CT molecular complexity index is 581. The first-order chi connectivity index (χ1) is 11.1. The molecule has 5 heteroatoms. The summed E-state index contributed by atoms with van der Waals surface area (Å²) in [5.74, 6) is -0.401. The van der Waals surface area contributed by atoms with Crippen LogP contribution in [0.25, 0.3) is 0 Å². The Hall–Kier alpha value is -1.91. The number of hydrogen-bond donors (Lipinski definition) is 1. The summed E-state index contributed by atoms with van der Waals surface area (Å²) >= 11 is 0. The van der Waals surface area contributed by atoms with Crippen LogP contribution in [0.2, 0.25) is 0 Å². The fraction of sp³-hybridized carbons (Fsp3) is 0.611. The average Bonchev–Trinajstić information content (AvgIpc) is 3.03. The number of amides is 1. The Balaban J connectivity index is 1.70. The summed E-state index contributed by atoms with van der Waals surface area (Å²) in [6.07, 6.45) is 11.2. The number of aromatic carboxylic acids is 1. The van der Waals surface area contributed by atoms with Crippen LogP contribution in [0.5, 0.6) is 0 Å². The molecule has 0 aromatic carbocycles. The lowest BCUT2D eigenvalue weighted by atomic mass is 9.84. The van der Waals surface area contributed by atoms with E-state index in [9.17, 15) is 9.59 Å². The van der Waals surface area contributed by atoms with Crippen LogP contribution in [0.3, 0.4) is 0 Å². The number of hydrogen-bond acceptors (Lipinski definition) is 3. The third-order valence-corrected chi connectivity index (χ3v) is 5.19. The molecule has 1 saturated heterocycles. The van der Waals surface area contributed by atoms with Crippen molar-refractivity contribution in [1.29, 1.82) is 0 Å². The van der Waals surface area contributed by atoms with Gasteiger partial charge in [-0.2, -0.15) is 0 Å². The van der Waals surface area contributed by atoms with E-state index in [1.807, 2.05) is 4.90 Å². The summed E-state index contributed by atoms with van der Waals surface area (Å²) in [6, 6.07) is 3.32. The predicted octanol–water partition coefficient (Wildman–Crippen LogP) is 3.35. The lowest BCUT2D eigenvalue weighted by molar-refractivity contribution is 0.0690. The molecule has 3 rings (SSSR count). The molecule has 1 unspecified atom stereocenters. The third-order valence-electron chi connectivity index (χ3n) is 5.19. The first-order valence-electron chi connectivity index (χ1n) is 8.65. The van der Waals surface area contributed by atoms with Crippen LogP contribution in [0, 0.1) is 5.92 Å². The molecule has 2 fully saturated rings. The highest BCUT2D eigenvalue weighted by Gasteiger charge is 2.31. The largest absolute Gasteiger partial charge is 0.477 e. The number of carboxylic acids is 1. The quantitative estimate of drug-likeness (QED) is 0.924. The van der Waals surface area contributed by atoms with Gasteiger partial charge < -0.3 is 10.0 Å². The Morgan fingerprint density at radius 1 is 1.17 bits per heavy atom. The molecule has 1 aromatic heterocycles. The van der Waals surface area contributed by atoms with E-state index in [-0.39, 0.29) is 11.6 Å². The molecule has 0 radical (unpaired) electrons. The second kappa shape index (κ2) is 7.11. The molecule has 124 valence electrons. The molecule has 1 atom stereocenters. The molecular formula is C18H24N2O3. The number of carbonyl (C=O) groups is 2. The van der Waals surface area contributed by atoms with E-state index in [1.54, 1.807) is 6.07 Å². The van der Waals surface area contributed by atoms with E-state index in [0.717, 1.165) is 31.7 Å². The van der Waals surface area contributed by atoms with Crippen LogP contribution < -0.4 is 0 Å². The van der Waals surface area contributed by atoms with Crippen LogP contribution in [0.15, 0.2) is 18.3 Å². The second-order valence-electron chi connectivity index (χ2n) is 6.77. The van der Waals surface area contributed by atoms with Crippen LogP contribution in [0.4, 0.5) is 0 Å². The highest BCUT2D eigenvalue weighted by molar-refractivity contribution is 5.96. The number of carbonyl (C=O) groups excluding carboxylic acids is 1. The summed E-state index contributed by atoms with van der Waals surface area (Å²) in [5, 5.41) is 9.04. The molecule has 2 heterocycles. The Labute approximate surface area is 136 Å². The minimum absolute atomic E-state index is 0.0480. The number of aromatic nitrogens is 1. The van der Waals surface area contributed by atoms with Crippen molar-refractivity contribution in [2.24, 2.45) is 5.92 Å². The monoisotopic (exact) mass is 316 g/mol. The first-order valence-corrected chi connectivity index (χ1v) is 8.65. The van der Waals surface area contributed by atoms with Gasteiger partial charge in [0.15, 0.2) is 0 Å². The smallest absolute Gasteiger partial charge is 0.354 e. The van der Waals surface area contributed by atoms with Gasteiger partial charge in [-0.05, 0) is 37.3 Å². The van der Waals surface area contributed by atoms with Gasteiger partial charge in [-0.15, -0.1) is 0 Å². The maximum Gasteiger partial charge on any atom is 0.354 e. The van der Waals surface area contributed by atoms with Crippen LogP contribution in [-0.2, 0) is 0 Å². The summed E-state index contributed by atoms with van der Waals surface area (Å²) in [6.45, 7) is 0.779. The van der Waals surface area contributed by atoms with Crippen molar-refractivity contribution < 1.29 is 14.7 Å². The fourth-order valence-electron chi connectivity index (χ4n) is 4.00. The van der Waals surface area contributed by atoms with Crippen LogP contribution >= 0.6 is 0 Å². The number of pyridine rings is 1. The second-order valence-corrected chi connectivity index (χ2v) is 6.77. The van der Waals surface area contributed by atoms with Crippen LogP contribution in [0.1, 0.15) is 72.2 Å². The van der Waals surface area contributed by atoms with Gasteiger partial charge in [-0.3, -0.25) is 4.79 Å². The summed E-state index contributed by atoms with van der Waals surface area (Å²) in [4.78, 5) is 29.6. The maximum atomic E-state index is 12.8. The van der Waals surface area contributed by atoms with E-state index in [0.29, 0.717) is 11.6 Å². The summed E-state index contributed by atoms with van der Waals surface area (Å²) in [5.41, 5.74) is 0.367. The Kier molecular flexibility index (Phi) is 4.94. The Morgan fingerprint density at radius 3 is 2.70 bits per heavy atom. The lowest BCUT2D eigenvalue weighted by Crippen LogP contribution is -2.37. The van der Waals surface area contributed by atoms with E-state index in [2.05, 4.69) is 4.98 Å². The normalized spacial score (nSPS) is 22.3.